The Morgan fingerprint density at radius 2 is 1.80 bits per heavy atom. The molecule has 8 nitrogen and oxygen atoms in total. The summed E-state index contributed by atoms with van der Waals surface area (Å²) < 4.78 is 33.1. The first-order valence-electron chi connectivity index (χ1n) is 11.9. The number of amides is 1. The highest BCUT2D eigenvalue weighted by Crippen LogP contribution is 2.27. The molecule has 0 spiro atoms. The van der Waals surface area contributed by atoms with Gasteiger partial charge in [-0.1, -0.05) is 0 Å². The van der Waals surface area contributed by atoms with Crippen LogP contribution < -0.4 is 10.2 Å². The summed E-state index contributed by atoms with van der Waals surface area (Å²) >= 11 is 0. The van der Waals surface area contributed by atoms with Gasteiger partial charge in [0.05, 0.1) is 16.7 Å². The molecule has 2 aromatic rings. The predicted molar refractivity (Wildman–Crippen MR) is 129 cm³/mol. The maximum Gasteiger partial charge on any atom is 0.272 e. The normalized spacial score (nSPS) is 20.5. The predicted octanol–water partition coefficient (Wildman–Crippen LogP) is 4.27. The van der Waals surface area contributed by atoms with Gasteiger partial charge in [-0.3, -0.25) is 14.9 Å². The molecule has 1 aliphatic carbocycles. The SMILES string of the molecule is Cc1cc(NC2CCC(OCC(=O)N3CCN(c4ccc(F)cc4F)CC3)CC2)ccc1[N+](=O)[O-]. The number of rotatable bonds is 7. The number of nitro groups is 1. The van der Waals surface area contributed by atoms with E-state index in [4.69, 9.17) is 4.74 Å². The molecule has 2 aliphatic rings. The molecule has 0 bridgehead atoms. The Hall–Kier alpha value is -3.27. The summed E-state index contributed by atoms with van der Waals surface area (Å²) in [5.41, 5.74) is 1.96. The zero-order chi connectivity index (χ0) is 24.9. The van der Waals surface area contributed by atoms with Crippen molar-refractivity contribution in [2.75, 3.05) is 43.0 Å². The Morgan fingerprint density at radius 1 is 1.09 bits per heavy atom. The standard InChI is InChI=1S/C25H30F2N4O4/c1-17-14-20(5-9-23(17)31(33)34)28-19-3-6-21(7-4-19)35-16-25(32)30-12-10-29(11-13-30)24-8-2-18(26)15-22(24)27/h2,5,8-9,14-15,19,21,28H,3-4,6-7,10-13,16H2,1H3. The second-order valence-electron chi connectivity index (χ2n) is 9.15. The van der Waals surface area contributed by atoms with Crippen LogP contribution in [-0.4, -0.2) is 60.7 Å². The van der Waals surface area contributed by atoms with Gasteiger partial charge in [0.2, 0.25) is 5.91 Å². The van der Waals surface area contributed by atoms with Crippen LogP contribution in [0.25, 0.3) is 0 Å². The largest absolute Gasteiger partial charge is 0.382 e. The lowest BCUT2D eigenvalue weighted by Gasteiger charge is -2.36. The molecular formula is C25H30F2N4O4. The van der Waals surface area contributed by atoms with Gasteiger partial charge in [0.15, 0.2) is 0 Å². The van der Waals surface area contributed by atoms with Crippen molar-refractivity contribution in [2.24, 2.45) is 0 Å². The summed E-state index contributed by atoms with van der Waals surface area (Å²) in [6.07, 6.45) is 3.45. The van der Waals surface area contributed by atoms with E-state index in [1.165, 1.54) is 18.2 Å². The number of hydrogen-bond donors (Lipinski definition) is 1. The number of piperazine rings is 1. The maximum absolute atomic E-state index is 14.0. The Morgan fingerprint density at radius 3 is 2.43 bits per heavy atom. The van der Waals surface area contributed by atoms with Crippen molar-refractivity contribution in [1.82, 2.24) is 4.90 Å². The molecule has 1 saturated heterocycles. The third kappa shape index (κ3) is 6.25. The fraction of sp³-hybridized carbons (Fsp3) is 0.480. The van der Waals surface area contributed by atoms with Crippen LogP contribution in [0.4, 0.5) is 25.8 Å². The molecule has 0 aromatic heterocycles. The summed E-state index contributed by atoms with van der Waals surface area (Å²) in [5, 5.41) is 14.4. The number of nitro benzene ring substituents is 1. The van der Waals surface area contributed by atoms with Gasteiger partial charge in [-0.05, 0) is 56.9 Å². The Balaban J connectivity index is 1.17. The van der Waals surface area contributed by atoms with Crippen molar-refractivity contribution in [3.8, 4) is 0 Å². The van der Waals surface area contributed by atoms with E-state index in [1.54, 1.807) is 24.0 Å². The number of carbonyl (C=O) groups is 1. The second-order valence-corrected chi connectivity index (χ2v) is 9.15. The lowest BCUT2D eigenvalue weighted by Crippen LogP contribution is -2.50. The highest BCUT2D eigenvalue weighted by molar-refractivity contribution is 5.77. The van der Waals surface area contributed by atoms with Gasteiger partial charge in [-0.15, -0.1) is 0 Å². The van der Waals surface area contributed by atoms with Gasteiger partial charge in [-0.2, -0.15) is 0 Å². The lowest BCUT2D eigenvalue weighted by atomic mass is 9.92. The molecule has 35 heavy (non-hydrogen) atoms. The first kappa shape index (κ1) is 24.8. The number of benzene rings is 2. The van der Waals surface area contributed by atoms with Gasteiger partial charge in [0.1, 0.15) is 18.2 Å². The smallest absolute Gasteiger partial charge is 0.272 e. The van der Waals surface area contributed by atoms with E-state index in [0.717, 1.165) is 37.4 Å². The molecular weight excluding hydrogens is 458 g/mol. The number of nitrogens with zero attached hydrogens (tertiary/aromatic N) is 3. The van der Waals surface area contributed by atoms with E-state index in [-0.39, 0.29) is 35.3 Å². The van der Waals surface area contributed by atoms with Crippen LogP contribution in [0.1, 0.15) is 31.2 Å². The summed E-state index contributed by atoms with van der Waals surface area (Å²) in [6.45, 7) is 3.64. The molecule has 1 aliphatic heterocycles. The summed E-state index contributed by atoms with van der Waals surface area (Å²) in [5.74, 6) is -1.28. The first-order valence-corrected chi connectivity index (χ1v) is 11.9. The van der Waals surface area contributed by atoms with Crippen molar-refractivity contribution < 1.29 is 23.2 Å². The molecule has 1 heterocycles. The van der Waals surface area contributed by atoms with Crippen molar-refractivity contribution >= 4 is 23.0 Å². The molecule has 10 heteroatoms. The minimum Gasteiger partial charge on any atom is -0.382 e. The van der Waals surface area contributed by atoms with Crippen LogP contribution in [0, 0.1) is 28.7 Å². The van der Waals surface area contributed by atoms with Crippen molar-refractivity contribution in [1.29, 1.82) is 0 Å². The van der Waals surface area contributed by atoms with Crippen molar-refractivity contribution in [3.63, 3.8) is 0 Å². The zero-order valence-electron chi connectivity index (χ0n) is 19.7. The topological polar surface area (TPSA) is 88.0 Å². The molecule has 0 unspecified atom stereocenters. The Labute approximate surface area is 203 Å². The van der Waals surface area contributed by atoms with Crippen molar-refractivity contribution in [3.05, 3.63) is 63.7 Å². The Kier molecular flexibility index (Phi) is 7.80. The quantitative estimate of drug-likeness (QED) is 0.463. The molecule has 0 radical (unpaired) electrons. The molecule has 1 amide bonds. The molecule has 4 rings (SSSR count). The van der Waals surface area contributed by atoms with Crippen LogP contribution in [0.3, 0.4) is 0 Å². The lowest BCUT2D eigenvalue weighted by molar-refractivity contribution is -0.385. The van der Waals surface area contributed by atoms with Gasteiger partial charge in [0.25, 0.3) is 5.69 Å². The number of ether oxygens (including phenoxy) is 1. The summed E-state index contributed by atoms with van der Waals surface area (Å²) in [7, 11) is 0. The van der Waals surface area contributed by atoms with E-state index in [9.17, 15) is 23.7 Å². The Bertz CT molecular complexity index is 1070. The molecule has 188 valence electrons. The van der Waals surface area contributed by atoms with E-state index in [0.29, 0.717) is 37.4 Å². The fourth-order valence-electron chi connectivity index (χ4n) is 4.77. The van der Waals surface area contributed by atoms with Crippen LogP contribution in [0.2, 0.25) is 0 Å². The zero-order valence-corrected chi connectivity index (χ0v) is 19.7. The van der Waals surface area contributed by atoms with E-state index < -0.39 is 11.6 Å². The maximum atomic E-state index is 14.0. The van der Waals surface area contributed by atoms with E-state index >= 15 is 0 Å². The number of carbonyl (C=O) groups excluding carboxylic acids is 1. The van der Waals surface area contributed by atoms with E-state index in [1.807, 2.05) is 4.90 Å². The summed E-state index contributed by atoms with van der Waals surface area (Å²) in [6, 6.07) is 8.85. The number of halogens is 2. The van der Waals surface area contributed by atoms with Crippen LogP contribution in [0.15, 0.2) is 36.4 Å². The number of hydrogen-bond acceptors (Lipinski definition) is 6. The molecule has 2 fully saturated rings. The highest BCUT2D eigenvalue weighted by atomic mass is 19.1. The van der Waals surface area contributed by atoms with Gasteiger partial charge >= 0.3 is 0 Å². The molecule has 1 saturated carbocycles. The van der Waals surface area contributed by atoms with Gasteiger partial charge in [0, 0.05) is 55.6 Å². The second kappa shape index (κ2) is 11.0. The minimum atomic E-state index is -0.608. The van der Waals surface area contributed by atoms with Crippen molar-refractivity contribution in [2.45, 2.75) is 44.8 Å². The fourth-order valence-corrected chi connectivity index (χ4v) is 4.77. The van der Waals surface area contributed by atoms with Crippen LogP contribution in [0.5, 0.6) is 0 Å². The first-order chi connectivity index (χ1) is 16.8. The average Bonchev–Trinajstić information content (AvgIpc) is 2.83. The van der Waals surface area contributed by atoms with Gasteiger partial charge < -0.3 is 19.9 Å². The third-order valence-electron chi connectivity index (χ3n) is 6.76. The molecule has 1 N–H and O–H groups in total. The average molecular weight is 489 g/mol. The summed E-state index contributed by atoms with van der Waals surface area (Å²) in [4.78, 5) is 26.8. The highest BCUT2D eigenvalue weighted by Gasteiger charge is 2.26. The van der Waals surface area contributed by atoms with E-state index in [2.05, 4.69) is 5.32 Å². The third-order valence-corrected chi connectivity index (χ3v) is 6.76. The number of nitrogens with one attached hydrogen (secondary N) is 1. The molecule has 2 aromatic carbocycles. The molecule has 0 atom stereocenters. The van der Waals surface area contributed by atoms with Crippen LogP contribution in [-0.2, 0) is 9.53 Å². The number of anilines is 2. The minimum absolute atomic E-state index is 0.0187. The monoisotopic (exact) mass is 488 g/mol. The van der Waals surface area contributed by atoms with Gasteiger partial charge in [-0.25, -0.2) is 8.78 Å². The number of aryl methyl sites for hydroxylation is 1. The van der Waals surface area contributed by atoms with Crippen LogP contribution >= 0.6 is 0 Å².